The molecule has 0 unspecified atom stereocenters. The normalized spacial score (nSPS) is 18.4. The second-order valence-corrected chi connectivity index (χ2v) is 8.25. The quantitative estimate of drug-likeness (QED) is 0.819. The van der Waals surface area contributed by atoms with Crippen LogP contribution in [0.3, 0.4) is 0 Å². The molecule has 1 fully saturated rings. The third-order valence-corrected chi connectivity index (χ3v) is 6.85. The molecule has 1 aliphatic heterocycles. The van der Waals surface area contributed by atoms with Gasteiger partial charge in [-0.3, -0.25) is 13.9 Å². The first-order valence-electron chi connectivity index (χ1n) is 9.05. The van der Waals surface area contributed by atoms with Crippen molar-refractivity contribution in [3.8, 4) is 0 Å². The maximum atomic E-state index is 12.1. The second-order valence-electron chi connectivity index (χ2n) is 7.13. The number of fused-ring (bicyclic) bond motifs is 1. The fraction of sp³-hybridized carbons (Fsp3) is 0.611. The lowest BCUT2D eigenvalue weighted by Gasteiger charge is -2.33. The second kappa shape index (κ2) is 6.44. The Morgan fingerprint density at radius 1 is 1.08 bits per heavy atom. The molecule has 2 aromatic heterocycles. The minimum absolute atomic E-state index is 0.243. The Labute approximate surface area is 150 Å². The fourth-order valence-electron chi connectivity index (χ4n) is 3.93. The highest BCUT2D eigenvalue weighted by molar-refractivity contribution is 7.11. The van der Waals surface area contributed by atoms with Crippen molar-refractivity contribution in [3.05, 3.63) is 42.5 Å². The predicted octanol–water partition coefficient (Wildman–Crippen LogP) is 1.80. The first-order valence-corrected chi connectivity index (χ1v) is 9.86. The van der Waals surface area contributed by atoms with Crippen LogP contribution in [0.25, 0.3) is 0 Å². The van der Waals surface area contributed by atoms with E-state index >= 15 is 0 Å². The summed E-state index contributed by atoms with van der Waals surface area (Å²) < 4.78 is 2.72. The van der Waals surface area contributed by atoms with E-state index in [0.29, 0.717) is 5.92 Å². The summed E-state index contributed by atoms with van der Waals surface area (Å²) in [6.07, 6.45) is 6.95. The smallest absolute Gasteiger partial charge is 0.332 e. The van der Waals surface area contributed by atoms with Gasteiger partial charge in [0.15, 0.2) is 0 Å². The Bertz CT molecular complexity index is 879. The molecule has 7 heteroatoms. The molecule has 0 aromatic carbocycles. The molecule has 25 heavy (non-hydrogen) atoms. The van der Waals surface area contributed by atoms with Crippen molar-refractivity contribution in [1.29, 1.82) is 0 Å². The van der Waals surface area contributed by atoms with Gasteiger partial charge >= 0.3 is 5.69 Å². The van der Waals surface area contributed by atoms with Crippen LogP contribution in [-0.2, 0) is 26.9 Å². The Kier molecular flexibility index (Phi) is 4.27. The molecule has 0 N–H and O–H groups in total. The van der Waals surface area contributed by atoms with E-state index in [1.165, 1.54) is 41.9 Å². The van der Waals surface area contributed by atoms with Gasteiger partial charge in [0.2, 0.25) is 0 Å². The van der Waals surface area contributed by atoms with Crippen molar-refractivity contribution in [2.45, 2.75) is 44.4 Å². The van der Waals surface area contributed by atoms with E-state index in [2.05, 4.69) is 4.90 Å². The molecule has 2 aromatic rings. The summed E-state index contributed by atoms with van der Waals surface area (Å²) in [4.78, 5) is 32.7. The molecule has 3 heterocycles. The Morgan fingerprint density at radius 3 is 2.52 bits per heavy atom. The van der Waals surface area contributed by atoms with E-state index in [9.17, 15) is 9.59 Å². The highest BCUT2D eigenvalue weighted by Crippen LogP contribution is 2.36. The molecule has 0 amide bonds. The van der Waals surface area contributed by atoms with Crippen molar-refractivity contribution in [1.82, 2.24) is 14.1 Å². The van der Waals surface area contributed by atoms with Crippen molar-refractivity contribution >= 4 is 17.2 Å². The van der Waals surface area contributed by atoms with Gasteiger partial charge in [0.1, 0.15) is 5.82 Å². The van der Waals surface area contributed by atoms with Crippen LogP contribution in [0.2, 0.25) is 0 Å². The minimum atomic E-state index is -0.266. The third kappa shape index (κ3) is 2.94. The van der Waals surface area contributed by atoms with Crippen LogP contribution in [0, 0.1) is 0 Å². The summed E-state index contributed by atoms with van der Waals surface area (Å²) in [5.74, 6) is 1.24. The minimum Gasteiger partial charge on any atom is -0.358 e. The van der Waals surface area contributed by atoms with E-state index in [1.54, 1.807) is 17.7 Å². The van der Waals surface area contributed by atoms with Gasteiger partial charge in [0, 0.05) is 44.0 Å². The molecule has 0 saturated carbocycles. The number of aryl methyl sites for hydroxylation is 2. The molecule has 0 spiro atoms. The molecule has 1 aliphatic carbocycles. The summed E-state index contributed by atoms with van der Waals surface area (Å²) in [7, 11) is 3.25. The first-order chi connectivity index (χ1) is 12.0. The zero-order valence-electron chi connectivity index (χ0n) is 14.8. The molecular formula is C18H24N4O2S. The number of nitrogens with zero attached hydrogens (tertiary/aromatic N) is 4. The number of hydrogen-bond acceptors (Lipinski definition) is 5. The van der Waals surface area contributed by atoms with E-state index in [1.807, 2.05) is 11.3 Å². The maximum Gasteiger partial charge on any atom is 0.332 e. The van der Waals surface area contributed by atoms with Gasteiger partial charge in [-0.05, 0) is 38.5 Å². The topological polar surface area (TPSA) is 60.1 Å². The van der Waals surface area contributed by atoms with E-state index in [0.717, 1.165) is 42.7 Å². The summed E-state index contributed by atoms with van der Waals surface area (Å²) in [5.41, 5.74) is 0.827. The molecule has 0 atom stereocenters. The molecule has 6 nitrogen and oxygen atoms in total. The van der Waals surface area contributed by atoms with Crippen LogP contribution in [0.1, 0.15) is 47.2 Å². The molecule has 1 saturated heterocycles. The van der Waals surface area contributed by atoms with Crippen LogP contribution < -0.4 is 16.1 Å². The lowest BCUT2D eigenvalue weighted by atomic mass is 9.97. The monoisotopic (exact) mass is 360 g/mol. The highest BCUT2D eigenvalue weighted by Gasteiger charge is 2.26. The average Bonchev–Trinajstić information content (AvgIpc) is 3.07. The molecule has 2 aliphatic rings. The van der Waals surface area contributed by atoms with Gasteiger partial charge in [-0.15, -0.1) is 11.3 Å². The van der Waals surface area contributed by atoms with Crippen molar-refractivity contribution < 1.29 is 0 Å². The summed E-state index contributed by atoms with van der Waals surface area (Å²) in [6.45, 7) is 1.71. The Morgan fingerprint density at radius 2 is 1.80 bits per heavy atom. The average molecular weight is 360 g/mol. The SMILES string of the molecule is Cn1c(N2CCC(c3nc4c(s3)CCCC4)CC2)cc(=O)n(C)c1=O. The summed E-state index contributed by atoms with van der Waals surface area (Å²) in [6, 6.07) is 1.57. The molecular weight excluding hydrogens is 336 g/mol. The highest BCUT2D eigenvalue weighted by atomic mass is 32.1. The van der Waals surface area contributed by atoms with Gasteiger partial charge in [0.05, 0.1) is 10.7 Å². The van der Waals surface area contributed by atoms with Crippen LogP contribution in [-0.4, -0.2) is 27.2 Å². The first kappa shape index (κ1) is 16.6. The van der Waals surface area contributed by atoms with Crippen LogP contribution >= 0.6 is 11.3 Å². The van der Waals surface area contributed by atoms with Gasteiger partial charge in [0.25, 0.3) is 5.56 Å². The summed E-state index contributed by atoms with van der Waals surface area (Å²) in [5, 5.41) is 1.30. The zero-order valence-corrected chi connectivity index (χ0v) is 15.6. The number of thiazole rings is 1. The number of rotatable bonds is 2. The zero-order chi connectivity index (χ0) is 17.6. The van der Waals surface area contributed by atoms with E-state index in [-0.39, 0.29) is 11.2 Å². The van der Waals surface area contributed by atoms with E-state index in [4.69, 9.17) is 4.98 Å². The number of anilines is 1. The maximum absolute atomic E-state index is 12.1. The molecule has 0 radical (unpaired) electrons. The molecule has 134 valence electrons. The van der Waals surface area contributed by atoms with E-state index < -0.39 is 0 Å². The lowest BCUT2D eigenvalue weighted by molar-refractivity contribution is 0.492. The van der Waals surface area contributed by atoms with Gasteiger partial charge in [-0.2, -0.15) is 0 Å². The van der Waals surface area contributed by atoms with Crippen LogP contribution in [0.4, 0.5) is 5.82 Å². The van der Waals surface area contributed by atoms with Crippen molar-refractivity contribution in [3.63, 3.8) is 0 Å². The Hall–Kier alpha value is -1.89. The third-order valence-electron chi connectivity index (χ3n) is 5.53. The fourth-order valence-corrected chi connectivity index (χ4v) is 5.25. The largest absolute Gasteiger partial charge is 0.358 e. The summed E-state index contributed by atoms with van der Waals surface area (Å²) >= 11 is 1.91. The molecule has 4 rings (SSSR count). The number of hydrogen-bond donors (Lipinski definition) is 0. The van der Waals surface area contributed by atoms with Crippen LogP contribution in [0.5, 0.6) is 0 Å². The van der Waals surface area contributed by atoms with Crippen molar-refractivity contribution in [2.75, 3.05) is 18.0 Å². The lowest BCUT2D eigenvalue weighted by Crippen LogP contribution is -2.42. The number of aromatic nitrogens is 3. The predicted molar refractivity (Wildman–Crippen MR) is 99.9 cm³/mol. The molecule has 0 bridgehead atoms. The van der Waals surface area contributed by atoms with Crippen LogP contribution in [0.15, 0.2) is 15.7 Å². The van der Waals surface area contributed by atoms with Crippen molar-refractivity contribution in [2.24, 2.45) is 14.1 Å². The standard InChI is InChI=1S/C18H24N4O2S/c1-20-15(11-16(23)21(2)18(20)24)22-9-7-12(8-10-22)17-19-13-5-3-4-6-14(13)25-17/h11-12H,3-10H2,1-2H3. The van der Waals surface area contributed by atoms with Gasteiger partial charge in [-0.25, -0.2) is 9.78 Å². The van der Waals surface area contributed by atoms with Gasteiger partial charge in [-0.1, -0.05) is 0 Å². The van der Waals surface area contributed by atoms with Gasteiger partial charge < -0.3 is 4.90 Å². The Balaban J connectivity index is 1.51. The number of piperidine rings is 1.